The first-order valence-electron chi connectivity index (χ1n) is 0. The third-order valence-electron chi connectivity index (χ3n) is 0. The van der Waals surface area contributed by atoms with Crippen LogP contribution in [0.2, 0.25) is 0 Å². The molecule has 0 amide bonds. The van der Waals surface area contributed by atoms with Gasteiger partial charge in [0.2, 0.25) is 0 Å². The van der Waals surface area contributed by atoms with Gasteiger partial charge in [-0.2, -0.15) is 0 Å². The Kier molecular flexibility index (Phi) is 3180. The van der Waals surface area contributed by atoms with Crippen LogP contribution in [-0.2, 0) is 63.6 Å². The molecule has 2 radical (unpaired) electrons. The minimum atomic E-state index is 0. The van der Waals surface area contributed by atoms with Crippen LogP contribution in [0.5, 0.6) is 0 Å². The first-order chi connectivity index (χ1) is 0. The molecular formula is K2O8Os-16. The number of rotatable bonds is 0. The molecule has 0 spiro atoms. The zero-order chi connectivity index (χ0) is 0. The third kappa shape index (κ3) is 142. The molecule has 0 fully saturated rings. The summed E-state index contributed by atoms with van der Waals surface area (Å²) in [6, 6.07) is 0. The van der Waals surface area contributed by atoms with Gasteiger partial charge in [0.05, 0.1) is 0 Å². The molecule has 0 unspecified atom stereocenters. The summed E-state index contributed by atoms with van der Waals surface area (Å²) in [5.74, 6) is 0. The van der Waals surface area contributed by atoms with Gasteiger partial charge < -0.3 is 43.8 Å². The van der Waals surface area contributed by atoms with Crippen LogP contribution in [-0.4, -0.2) is 103 Å². The molecule has 11 heavy (non-hydrogen) atoms. The van der Waals surface area contributed by atoms with E-state index in [1.54, 1.807) is 0 Å². The summed E-state index contributed by atoms with van der Waals surface area (Å²) in [5.41, 5.74) is 0. The van der Waals surface area contributed by atoms with Crippen LogP contribution in [0.3, 0.4) is 0 Å². The molecule has 0 saturated heterocycles. The summed E-state index contributed by atoms with van der Waals surface area (Å²) >= 11 is 0. The molecular weight excluding hydrogens is 396 g/mol. The Morgan fingerprint density at radius 1 is 0.273 bits per heavy atom. The fraction of sp³-hybridized carbons (Fsp3) is 0. The van der Waals surface area contributed by atoms with Gasteiger partial charge in [0.25, 0.3) is 0 Å². The van der Waals surface area contributed by atoms with Crippen molar-refractivity contribution in [1.29, 1.82) is 0 Å². The molecule has 0 N–H and O–H groups in total. The second kappa shape index (κ2) is 167. The molecule has 0 aromatic heterocycles. The Morgan fingerprint density at radius 2 is 0.273 bits per heavy atom. The second-order valence-corrected chi connectivity index (χ2v) is 0. The van der Waals surface area contributed by atoms with E-state index < -0.39 is 0 Å². The molecule has 11 heteroatoms. The first-order valence-corrected chi connectivity index (χ1v) is 0. The standard InChI is InChI=1S/2K.8O.Os/q;;8*-2;. The molecule has 0 aliphatic carbocycles. The van der Waals surface area contributed by atoms with Crippen molar-refractivity contribution in [3.8, 4) is 0 Å². The molecule has 0 atom stereocenters. The number of hydrogen-bond donors (Lipinski definition) is 0. The zero-order valence-corrected chi connectivity index (χ0v) is 14.4. The van der Waals surface area contributed by atoms with E-state index in [9.17, 15) is 0 Å². The van der Waals surface area contributed by atoms with Crippen molar-refractivity contribution in [3.05, 3.63) is 0 Å². The zero-order valence-electron chi connectivity index (χ0n) is 5.62. The van der Waals surface area contributed by atoms with Crippen molar-refractivity contribution in [1.82, 2.24) is 0 Å². The Labute approximate surface area is 162 Å². The smallest absolute Gasteiger partial charge is 0 e. The van der Waals surface area contributed by atoms with Gasteiger partial charge in [-0.05, 0) is 0 Å². The predicted octanol–water partition coefficient (Wildman–Crippen LogP) is -1.71. The van der Waals surface area contributed by atoms with E-state index in [4.69, 9.17) is 0 Å². The predicted molar refractivity (Wildman–Crippen MR) is 17.0 cm³/mol. The van der Waals surface area contributed by atoms with E-state index in [2.05, 4.69) is 0 Å². The Hall–Kier alpha value is 3.59. The monoisotopic (exact) mass is 398 g/mol. The fourth-order valence-electron chi connectivity index (χ4n) is 0. The van der Waals surface area contributed by atoms with Crippen molar-refractivity contribution < 1.29 is 63.6 Å². The summed E-state index contributed by atoms with van der Waals surface area (Å²) in [7, 11) is 0. The topological polar surface area (TPSA) is 228 Å². The Morgan fingerprint density at radius 3 is 0.273 bits per heavy atom. The van der Waals surface area contributed by atoms with Crippen LogP contribution in [0.25, 0.3) is 0 Å². The second-order valence-electron chi connectivity index (χ2n) is 0. The molecule has 0 aliphatic heterocycles. The van der Waals surface area contributed by atoms with Gasteiger partial charge in [-0.25, -0.2) is 0 Å². The molecule has 74 valence electrons. The minimum Gasteiger partial charge on any atom is -2.00 e. The van der Waals surface area contributed by atoms with Gasteiger partial charge in [-0.3, -0.25) is 0 Å². The summed E-state index contributed by atoms with van der Waals surface area (Å²) in [4.78, 5) is 0. The van der Waals surface area contributed by atoms with Gasteiger partial charge in [0.15, 0.2) is 0 Å². The van der Waals surface area contributed by atoms with Gasteiger partial charge in [0, 0.05) is 123 Å². The van der Waals surface area contributed by atoms with Gasteiger partial charge in [0.1, 0.15) is 0 Å². The van der Waals surface area contributed by atoms with Crippen molar-refractivity contribution in [2.75, 3.05) is 0 Å². The van der Waals surface area contributed by atoms with Crippen LogP contribution in [0.4, 0.5) is 0 Å². The van der Waals surface area contributed by atoms with E-state index in [0.29, 0.717) is 0 Å². The Balaban J connectivity index is 0. The maximum atomic E-state index is 0. The maximum absolute atomic E-state index is 0. The molecule has 0 aliphatic rings. The molecule has 8 nitrogen and oxygen atoms in total. The molecule has 0 saturated carbocycles. The van der Waals surface area contributed by atoms with E-state index in [0.717, 1.165) is 0 Å². The third-order valence-corrected chi connectivity index (χ3v) is 0. The summed E-state index contributed by atoms with van der Waals surface area (Å²) in [6.07, 6.45) is 0. The van der Waals surface area contributed by atoms with Crippen LogP contribution in [0.1, 0.15) is 0 Å². The number of hydrogen-bond acceptors (Lipinski definition) is 0. The quantitative estimate of drug-likeness (QED) is 0.416. The van der Waals surface area contributed by atoms with Crippen molar-refractivity contribution in [2.45, 2.75) is 0 Å². The summed E-state index contributed by atoms with van der Waals surface area (Å²) in [5, 5.41) is 0. The van der Waals surface area contributed by atoms with Gasteiger partial charge in [-0.15, -0.1) is 0 Å². The summed E-state index contributed by atoms with van der Waals surface area (Å²) in [6.45, 7) is 0. The largest absolute Gasteiger partial charge is 2.00 e. The van der Waals surface area contributed by atoms with Crippen molar-refractivity contribution >= 4 is 103 Å². The van der Waals surface area contributed by atoms with Crippen LogP contribution in [0.15, 0.2) is 0 Å². The first kappa shape index (κ1) is 209. The van der Waals surface area contributed by atoms with Crippen LogP contribution in [0, 0.1) is 0 Å². The molecule has 0 rings (SSSR count). The fourth-order valence-corrected chi connectivity index (χ4v) is 0. The van der Waals surface area contributed by atoms with Crippen LogP contribution < -0.4 is 0 Å². The molecule has 0 aromatic rings. The van der Waals surface area contributed by atoms with E-state index >= 15 is 0 Å². The van der Waals surface area contributed by atoms with E-state index in [-0.39, 0.29) is 166 Å². The average molecular weight is 396 g/mol. The van der Waals surface area contributed by atoms with Crippen molar-refractivity contribution in [2.24, 2.45) is 0 Å². The van der Waals surface area contributed by atoms with Gasteiger partial charge >= 0.3 is 0 Å². The summed E-state index contributed by atoms with van der Waals surface area (Å²) < 4.78 is 0. The maximum Gasteiger partial charge on any atom is 0 e. The van der Waals surface area contributed by atoms with Crippen molar-refractivity contribution in [3.63, 3.8) is 0 Å². The normalized spacial score (nSPS) is 0. The SMILES string of the molecule is [K].[K].[O-2].[O-2].[O-2].[O-2].[O-2].[O-2].[O-2].[O-2].[Os]. The minimum absolute atomic E-state index is 0. The average Bonchev–Trinajstić information content (AvgIpc) is 0. The molecule has 0 aromatic carbocycles. The molecule has 0 heterocycles. The Bertz CT molecular complexity index is 12.1. The van der Waals surface area contributed by atoms with E-state index in [1.807, 2.05) is 0 Å². The van der Waals surface area contributed by atoms with E-state index in [1.165, 1.54) is 0 Å². The van der Waals surface area contributed by atoms with Crippen LogP contribution >= 0.6 is 0 Å². The van der Waals surface area contributed by atoms with Gasteiger partial charge in [-0.1, -0.05) is 0 Å². The molecule has 0 bridgehead atoms.